The molecule has 9 heteroatoms. The number of carbonyl (C=O) groups excluding carboxylic acids is 2. The molecule has 0 spiro atoms. The first-order chi connectivity index (χ1) is 16.9. The quantitative estimate of drug-likeness (QED) is 0.468. The summed E-state index contributed by atoms with van der Waals surface area (Å²) in [5, 5.41) is 28.8. The Bertz CT molecular complexity index is 1210. The van der Waals surface area contributed by atoms with Crippen LogP contribution in [0, 0.1) is 0 Å². The molecule has 2 aromatic carbocycles. The molecule has 1 saturated carbocycles. The minimum Gasteiger partial charge on any atom is -0.380 e. The van der Waals surface area contributed by atoms with E-state index >= 15 is 0 Å². The van der Waals surface area contributed by atoms with Gasteiger partial charge in [0.15, 0.2) is 12.2 Å². The number of benzene rings is 2. The van der Waals surface area contributed by atoms with E-state index in [1.165, 1.54) is 4.90 Å². The van der Waals surface area contributed by atoms with Gasteiger partial charge in [-0.05, 0) is 67.1 Å². The van der Waals surface area contributed by atoms with E-state index in [1.54, 1.807) is 23.0 Å². The van der Waals surface area contributed by atoms with Crippen molar-refractivity contribution in [2.45, 2.75) is 49.5 Å². The molecule has 2 heterocycles. The average Bonchev–Trinajstić information content (AvgIpc) is 3.27. The molecule has 1 saturated heterocycles. The number of hydrogen-bond donors (Lipinski definition) is 3. The van der Waals surface area contributed by atoms with E-state index in [2.05, 4.69) is 10.4 Å². The molecule has 3 aromatic rings. The SMILES string of the molecule is O=C(NC1(c2ccc(-n3cccn3)cc2)CC1)[C@H](O)[C@@H](O)C(=O)N1CCCC1c1cccc(Cl)c1. The number of halogens is 1. The summed E-state index contributed by atoms with van der Waals surface area (Å²) in [5.41, 5.74) is 2.04. The molecule has 1 unspecified atom stereocenters. The van der Waals surface area contributed by atoms with E-state index in [9.17, 15) is 19.8 Å². The van der Waals surface area contributed by atoms with Gasteiger partial charge in [-0.2, -0.15) is 5.10 Å². The highest BCUT2D eigenvalue weighted by Gasteiger charge is 2.48. The van der Waals surface area contributed by atoms with E-state index in [4.69, 9.17) is 11.6 Å². The Hall–Kier alpha value is -3.20. The zero-order valence-electron chi connectivity index (χ0n) is 19.0. The number of nitrogens with one attached hydrogen (secondary N) is 1. The first kappa shape index (κ1) is 23.5. The zero-order chi connectivity index (χ0) is 24.6. The largest absolute Gasteiger partial charge is 0.380 e. The summed E-state index contributed by atoms with van der Waals surface area (Å²) in [5.74, 6) is -1.43. The van der Waals surface area contributed by atoms with E-state index in [0.29, 0.717) is 24.4 Å². The van der Waals surface area contributed by atoms with Crippen LogP contribution in [0.15, 0.2) is 67.0 Å². The molecule has 3 N–H and O–H groups in total. The number of rotatable bonds is 7. The van der Waals surface area contributed by atoms with Crippen LogP contribution in [0.1, 0.15) is 42.9 Å². The maximum Gasteiger partial charge on any atom is 0.255 e. The molecule has 5 rings (SSSR count). The van der Waals surface area contributed by atoms with Crippen molar-refractivity contribution in [3.8, 4) is 5.69 Å². The smallest absolute Gasteiger partial charge is 0.255 e. The van der Waals surface area contributed by atoms with Crippen LogP contribution in [0.3, 0.4) is 0 Å². The van der Waals surface area contributed by atoms with E-state index < -0.39 is 29.6 Å². The molecule has 3 atom stereocenters. The number of amides is 2. The van der Waals surface area contributed by atoms with Crippen LogP contribution in [-0.4, -0.2) is 55.5 Å². The highest BCUT2D eigenvalue weighted by atomic mass is 35.5. The number of aliphatic hydroxyl groups is 2. The topological polar surface area (TPSA) is 108 Å². The van der Waals surface area contributed by atoms with Crippen molar-refractivity contribution in [2.24, 2.45) is 0 Å². The summed E-state index contributed by atoms with van der Waals surface area (Å²) in [7, 11) is 0. The van der Waals surface area contributed by atoms with E-state index in [1.807, 2.05) is 48.7 Å². The molecule has 0 radical (unpaired) electrons. The maximum atomic E-state index is 13.1. The highest BCUT2D eigenvalue weighted by molar-refractivity contribution is 6.30. The minimum atomic E-state index is -1.87. The summed E-state index contributed by atoms with van der Waals surface area (Å²) < 4.78 is 1.74. The predicted octanol–water partition coefficient (Wildman–Crippen LogP) is 2.72. The second-order valence-corrected chi connectivity index (χ2v) is 9.64. The average molecular weight is 495 g/mol. The van der Waals surface area contributed by atoms with Crippen molar-refractivity contribution in [2.75, 3.05) is 6.54 Å². The normalized spacial score (nSPS) is 20.3. The van der Waals surface area contributed by atoms with Gasteiger partial charge in [-0.3, -0.25) is 9.59 Å². The Morgan fingerprint density at radius 2 is 1.86 bits per heavy atom. The fourth-order valence-electron chi connectivity index (χ4n) is 4.81. The highest BCUT2D eigenvalue weighted by Crippen LogP contribution is 2.45. The molecule has 2 aliphatic rings. The van der Waals surface area contributed by atoms with Gasteiger partial charge in [-0.1, -0.05) is 35.9 Å². The Kier molecular flexibility index (Phi) is 6.35. The van der Waals surface area contributed by atoms with E-state index in [-0.39, 0.29) is 6.04 Å². The van der Waals surface area contributed by atoms with Crippen LogP contribution in [0.4, 0.5) is 0 Å². The summed E-state index contributed by atoms with van der Waals surface area (Å²) >= 11 is 6.11. The van der Waals surface area contributed by atoms with Crippen LogP contribution >= 0.6 is 11.6 Å². The standard InChI is InChI=1S/C26H27ClN4O4/c27-19-5-1-4-17(16-19)21-6-2-14-30(21)25(35)23(33)22(32)24(34)29-26(11-12-26)18-7-9-20(10-8-18)31-15-3-13-28-31/h1,3-5,7-10,13,15-16,21-23,32-33H,2,6,11-12,14H2,(H,29,34)/t21?,22-,23-/m1/s1. The molecule has 1 aromatic heterocycles. The van der Waals surface area contributed by atoms with Crippen molar-refractivity contribution in [1.82, 2.24) is 20.0 Å². The Labute approximate surface area is 208 Å². The van der Waals surface area contributed by atoms with Gasteiger partial charge in [-0.25, -0.2) is 4.68 Å². The van der Waals surface area contributed by atoms with Gasteiger partial charge in [0.1, 0.15) is 0 Å². The fourth-order valence-corrected chi connectivity index (χ4v) is 5.01. The fraction of sp³-hybridized carbons (Fsp3) is 0.346. The second kappa shape index (κ2) is 9.45. The van der Waals surface area contributed by atoms with Gasteiger partial charge >= 0.3 is 0 Å². The Balaban J connectivity index is 1.25. The lowest BCUT2D eigenvalue weighted by Crippen LogP contribution is -2.52. The molecular formula is C26H27ClN4O4. The lowest BCUT2D eigenvalue weighted by Gasteiger charge is -2.29. The van der Waals surface area contributed by atoms with Gasteiger partial charge in [0, 0.05) is 24.0 Å². The van der Waals surface area contributed by atoms with Crippen LogP contribution in [0.2, 0.25) is 5.02 Å². The molecule has 2 amide bonds. The molecule has 1 aliphatic heterocycles. The summed E-state index contributed by atoms with van der Waals surface area (Å²) in [6.07, 6.45) is 2.71. The Morgan fingerprint density at radius 3 is 2.51 bits per heavy atom. The molecule has 35 heavy (non-hydrogen) atoms. The van der Waals surface area contributed by atoms with Crippen LogP contribution < -0.4 is 5.32 Å². The molecular weight excluding hydrogens is 468 g/mol. The number of nitrogens with zero attached hydrogens (tertiary/aromatic N) is 3. The third-order valence-electron chi connectivity index (χ3n) is 6.89. The van der Waals surface area contributed by atoms with Crippen molar-refractivity contribution in [3.63, 3.8) is 0 Å². The molecule has 2 fully saturated rings. The van der Waals surface area contributed by atoms with Crippen LogP contribution in [0.25, 0.3) is 5.69 Å². The lowest BCUT2D eigenvalue weighted by molar-refractivity contribution is -0.154. The molecule has 8 nitrogen and oxygen atoms in total. The number of hydrogen-bond acceptors (Lipinski definition) is 5. The number of likely N-dealkylation sites (tertiary alicyclic amines) is 1. The van der Waals surface area contributed by atoms with Crippen LogP contribution in [-0.2, 0) is 15.1 Å². The second-order valence-electron chi connectivity index (χ2n) is 9.20. The lowest BCUT2D eigenvalue weighted by atomic mass is 10.0. The third-order valence-corrected chi connectivity index (χ3v) is 7.13. The first-order valence-electron chi connectivity index (χ1n) is 11.7. The maximum absolute atomic E-state index is 13.1. The number of carbonyl (C=O) groups is 2. The summed E-state index contributed by atoms with van der Waals surface area (Å²) in [6.45, 7) is 0.438. The van der Waals surface area contributed by atoms with Crippen molar-refractivity contribution in [1.29, 1.82) is 0 Å². The van der Waals surface area contributed by atoms with Crippen LogP contribution in [0.5, 0.6) is 0 Å². The van der Waals surface area contributed by atoms with Crippen molar-refractivity contribution in [3.05, 3.63) is 83.1 Å². The molecule has 1 aliphatic carbocycles. The molecule has 182 valence electrons. The minimum absolute atomic E-state index is 0.255. The third kappa shape index (κ3) is 4.69. The van der Waals surface area contributed by atoms with Gasteiger partial charge in [0.25, 0.3) is 11.8 Å². The van der Waals surface area contributed by atoms with Gasteiger partial charge in [0.2, 0.25) is 0 Å². The van der Waals surface area contributed by atoms with Crippen molar-refractivity contribution < 1.29 is 19.8 Å². The molecule has 0 bridgehead atoms. The Morgan fingerprint density at radius 1 is 1.09 bits per heavy atom. The summed E-state index contributed by atoms with van der Waals surface area (Å²) in [6, 6.07) is 16.5. The van der Waals surface area contributed by atoms with E-state index in [0.717, 1.165) is 29.7 Å². The van der Waals surface area contributed by atoms with Crippen molar-refractivity contribution >= 4 is 23.4 Å². The van der Waals surface area contributed by atoms with Gasteiger partial charge < -0.3 is 20.4 Å². The number of aromatic nitrogens is 2. The number of aliphatic hydroxyl groups excluding tert-OH is 2. The monoisotopic (exact) mass is 494 g/mol. The first-order valence-corrected chi connectivity index (χ1v) is 12.1. The van der Waals surface area contributed by atoms with Gasteiger partial charge in [0.05, 0.1) is 17.3 Å². The predicted molar refractivity (Wildman–Crippen MR) is 130 cm³/mol. The summed E-state index contributed by atoms with van der Waals surface area (Å²) in [4.78, 5) is 27.4. The van der Waals surface area contributed by atoms with Gasteiger partial charge in [-0.15, -0.1) is 0 Å². The zero-order valence-corrected chi connectivity index (χ0v) is 19.8.